The molecule has 0 saturated heterocycles. The summed E-state index contributed by atoms with van der Waals surface area (Å²) in [6.07, 6.45) is 3.68. The van der Waals surface area contributed by atoms with Crippen molar-refractivity contribution < 1.29 is 4.74 Å². The highest BCUT2D eigenvalue weighted by atomic mass is 16.5. The van der Waals surface area contributed by atoms with Gasteiger partial charge in [-0.15, -0.1) is 0 Å². The smallest absolute Gasteiger partial charge is 0.0633 e. The van der Waals surface area contributed by atoms with Crippen LogP contribution in [0.25, 0.3) is 0 Å². The summed E-state index contributed by atoms with van der Waals surface area (Å²) in [6, 6.07) is 5.94. The van der Waals surface area contributed by atoms with Crippen LogP contribution in [0.2, 0.25) is 0 Å². The summed E-state index contributed by atoms with van der Waals surface area (Å²) >= 11 is 0. The minimum atomic E-state index is 0.117. The number of pyridine rings is 1. The van der Waals surface area contributed by atoms with E-state index in [-0.39, 0.29) is 6.04 Å². The zero-order chi connectivity index (χ0) is 10.2. The number of hydrazine groups is 1. The van der Waals surface area contributed by atoms with Gasteiger partial charge in [0.15, 0.2) is 0 Å². The van der Waals surface area contributed by atoms with Crippen LogP contribution in [0, 0.1) is 0 Å². The first-order valence-electron chi connectivity index (χ1n) is 4.74. The van der Waals surface area contributed by atoms with Crippen LogP contribution in [0.4, 0.5) is 0 Å². The number of nitrogens with two attached hydrogens (primary N) is 1. The predicted octanol–water partition coefficient (Wildman–Crippen LogP) is 1.01. The third kappa shape index (κ3) is 3.41. The van der Waals surface area contributed by atoms with Crippen LogP contribution in [0.5, 0.6) is 0 Å². The molecule has 78 valence electrons. The van der Waals surface area contributed by atoms with E-state index in [1.807, 2.05) is 18.2 Å². The molecule has 4 nitrogen and oxygen atoms in total. The topological polar surface area (TPSA) is 60.2 Å². The normalized spacial score (nSPS) is 12.7. The summed E-state index contributed by atoms with van der Waals surface area (Å²) in [7, 11) is 1.70. The molecule has 0 aliphatic rings. The third-order valence-electron chi connectivity index (χ3n) is 2.09. The summed E-state index contributed by atoms with van der Waals surface area (Å²) in [6.45, 7) is 0.755. The molecule has 1 aromatic rings. The van der Waals surface area contributed by atoms with Gasteiger partial charge in [0.25, 0.3) is 0 Å². The second-order valence-corrected chi connectivity index (χ2v) is 3.11. The van der Waals surface area contributed by atoms with Crippen molar-refractivity contribution in [1.29, 1.82) is 0 Å². The van der Waals surface area contributed by atoms with E-state index < -0.39 is 0 Å². The Bertz CT molecular complexity index is 240. The van der Waals surface area contributed by atoms with Gasteiger partial charge in [0.1, 0.15) is 0 Å². The van der Waals surface area contributed by atoms with Gasteiger partial charge >= 0.3 is 0 Å². The minimum Gasteiger partial charge on any atom is -0.385 e. The lowest BCUT2D eigenvalue weighted by atomic mass is 10.1. The Balaban J connectivity index is 2.46. The largest absolute Gasteiger partial charge is 0.385 e. The lowest BCUT2D eigenvalue weighted by molar-refractivity contribution is 0.188. The fraction of sp³-hybridized carbons (Fsp3) is 0.500. The number of ether oxygens (including phenoxy) is 1. The quantitative estimate of drug-likeness (QED) is 0.404. The van der Waals surface area contributed by atoms with E-state index in [1.165, 1.54) is 0 Å². The molecule has 0 aromatic carbocycles. The number of rotatable bonds is 6. The Labute approximate surface area is 84.4 Å². The van der Waals surface area contributed by atoms with Crippen LogP contribution in [0.3, 0.4) is 0 Å². The lowest BCUT2D eigenvalue weighted by Gasteiger charge is -2.14. The number of hydrogen-bond acceptors (Lipinski definition) is 4. The molecule has 4 heteroatoms. The standard InChI is InChI=1S/C10H17N3O/c1-14-8-4-6-10(13-11)9-5-2-3-7-12-9/h2-3,5,7,10,13H,4,6,8,11H2,1H3. The molecule has 1 aromatic heterocycles. The van der Waals surface area contributed by atoms with Gasteiger partial charge in [-0.2, -0.15) is 0 Å². The highest BCUT2D eigenvalue weighted by Crippen LogP contribution is 2.14. The van der Waals surface area contributed by atoms with E-state index >= 15 is 0 Å². The van der Waals surface area contributed by atoms with Crippen LogP contribution in [-0.2, 0) is 4.74 Å². The number of nitrogens with zero attached hydrogens (tertiary/aromatic N) is 1. The molecule has 1 unspecified atom stereocenters. The van der Waals surface area contributed by atoms with Gasteiger partial charge in [-0.05, 0) is 25.0 Å². The van der Waals surface area contributed by atoms with Gasteiger partial charge in [-0.3, -0.25) is 16.3 Å². The molecule has 0 fully saturated rings. The maximum Gasteiger partial charge on any atom is 0.0633 e. The first-order chi connectivity index (χ1) is 6.88. The van der Waals surface area contributed by atoms with Crippen molar-refractivity contribution in [3.05, 3.63) is 30.1 Å². The van der Waals surface area contributed by atoms with E-state index in [9.17, 15) is 0 Å². The van der Waals surface area contributed by atoms with Crippen LogP contribution in [0.1, 0.15) is 24.6 Å². The first-order valence-corrected chi connectivity index (χ1v) is 4.74. The van der Waals surface area contributed by atoms with Crippen molar-refractivity contribution in [3.8, 4) is 0 Å². The zero-order valence-electron chi connectivity index (χ0n) is 8.44. The summed E-state index contributed by atoms with van der Waals surface area (Å²) in [5.74, 6) is 5.46. The molecule has 0 bridgehead atoms. The Hall–Kier alpha value is -0.970. The SMILES string of the molecule is COCCCC(NN)c1ccccn1. The first kappa shape index (κ1) is 11.1. The van der Waals surface area contributed by atoms with Crippen molar-refractivity contribution in [2.24, 2.45) is 5.84 Å². The van der Waals surface area contributed by atoms with Gasteiger partial charge in [0, 0.05) is 19.9 Å². The molecule has 3 N–H and O–H groups in total. The number of nitrogens with one attached hydrogen (secondary N) is 1. The molecule has 14 heavy (non-hydrogen) atoms. The summed E-state index contributed by atoms with van der Waals surface area (Å²) in [5.41, 5.74) is 3.74. The van der Waals surface area contributed by atoms with Gasteiger partial charge < -0.3 is 4.74 Å². The zero-order valence-corrected chi connectivity index (χ0v) is 8.44. The van der Waals surface area contributed by atoms with E-state index in [2.05, 4.69) is 10.4 Å². The molecule has 0 amide bonds. The molecule has 0 spiro atoms. The van der Waals surface area contributed by atoms with Gasteiger partial charge in [-0.25, -0.2) is 0 Å². The fourth-order valence-electron chi connectivity index (χ4n) is 1.33. The molecule has 1 heterocycles. The number of aromatic nitrogens is 1. The van der Waals surface area contributed by atoms with Gasteiger partial charge in [-0.1, -0.05) is 6.07 Å². The van der Waals surface area contributed by atoms with E-state index in [4.69, 9.17) is 10.6 Å². The maximum atomic E-state index is 5.46. The summed E-state index contributed by atoms with van der Waals surface area (Å²) in [5, 5.41) is 0. The monoisotopic (exact) mass is 195 g/mol. The Kier molecular flexibility index (Phi) is 5.14. The van der Waals surface area contributed by atoms with E-state index in [0.29, 0.717) is 0 Å². The summed E-state index contributed by atoms with van der Waals surface area (Å²) in [4.78, 5) is 4.25. The lowest BCUT2D eigenvalue weighted by Crippen LogP contribution is -2.28. The minimum absolute atomic E-state index is 0.117. The molecule has 1 atom stereocenters. The molecule has 0 aliphatic heterocycles. The fourth-order valence-corrected chi connectivity index (χ4v) is 1.33. The second-order valence-electron chi connectivity index (χ2n) is 3.11. The summed E-state index contributed by atoms with van der Waals surface area (Å²) < 4.78 is 4.98. The van der Waals surface area contributed by atoms with Gasteiger partial charge in [0.2, 0.25) is 0 Å². The van der Waals surface area contributed by atoms with Crippen LogP contribution in [0.15, 0.2) is 24.4 Å². The average molecular weight is 195 g/mol. The molecule has 0 saturated carbocycles. The van der Waals surface area contributed by atoms with E-state index in [1.54, 1.807) is 13.3 Å². The van der Waals surface area contributed by atoms with E-state index in [0.717, 1.165) is 25.1 Å². The molecule has 1 rings (SSSR count). The van der Waals surface area contributed by atoms with Gasteiger partial charge in [0.05, 0.1) is 11.7 Å². The molecular formula is C10H17N3O. The highest BCUT2D eigenvalue weighted by Gasteiger charge is 2.09. The molecular weight excluding hydrogens is 178 g/mol. The Morgan fingerprint density at radius 2 is 2.43 bits per heavy atom. The average Bonchev–Trinajstić information content (AvgIpc) is 2.26. The molecule has 0 aliphatic carbocycles. The van der Waals surface area contributed by atoms with Crippen LogP contribution >= 0.6 is 0 Å². The third-order valence-corrected chi connectivity index (χ3v) is 2.09. The Morgan fingerprint density at radius 1 is 1.57 bits per heavy atom. The van der Waals surface area contributed by atoms with Crippen molar-refractivity contribution in [2.75, 3.05) is 13.7 Å². The molecule has 0 radical (unpaired) electrons. The maximum absolute atomic E-state index is 5.46. The van der Waals surface area contributed by atoms with Crippen molar-refractivity contribution in [2.45, 2.75) is 18.9 Å². The van der Waals surface area contributed by atoms with Crippen molar-refractivity contribution in [1.82, 2.24) is 10.4 Å². The van der Waals surface area contributed by atoms with Crippen molar-refractivity contribution >= 4 is 0 Å². The number of hydrogen-bond donors (Lipinski definition) is 2. The number of methoxy groups -OCH3 is 1. The van der Waals surface area contributed by atoms with Crippen LogP contribution < -0.4 is 11.3 Å². The van der Waals surface area contributed by atoms with Crippen LogP contribution in [-0.4, -0.2) is 18.7 Å². The highest BCUT2D eigenvalue weighted by molar-refractivity contribution is 5.08. The predicted molar refractivity (Wildman–Crippen MR) is 55.4 cm³/mol. The second kappa shape index (κ2) is 6.48. The Morgan fingerprint density at radius 3 is 3.00 bits per heavy atom. The van der Waals surface area contributed by atoms with Crippen molar-refractivity contribution in [3.63, 3.8) is 0 Å².